The van der Waals surface area contributed by atoms with Gasteiger partial charge in [0, 0.05) is 0 Å². The summed E-state index contributed by atoms with van der Waals surface area (Å²) < 4.78 is 0. The molecule has 1 fully saturated rings. The molecule has 0 heteroatoms. The highest BCUT2D eigenvalue weighted by Crippen LogP contribution is 2.39. The molecule has 0 bridgehead atoms. The molecule has 0 aromatic rings. The minimum atomic E-state index is 0.951. The van der Waals surface area contributed by atoms with E-state index >= 15 is 0 Å². The van der Waals surface area contributed by atoms with Crippen LogP contribution in [0.2, 0.25) is 0 Å². The van der Waals surface area contributed by atoms with Gasteiger partial charge in [-0.05, 0) is 36.5 Å². The number of unbranched alkanes of at least 4 members (excludes halogenated alkanes) is 14. The molecule has 1 aliphatic rings. The zero-order valence-electron chi connectivity index (χ0n) is 19.0. The molecule has 0 radical (unpaired) electrons. The molecule has 0 heterocycles. The van der Waals surface area contributed by atoms with Crippen LogP contribution < -0.4 is 0 Å². The van der Waals surface area contributed by atoms with Gasteiger partial charge in [-0.25, -0.2) is 0 Å². The second kappa shape index (κ2) is 16.0. The van der Waals surface area contributed by atoms with Crippen molar-refractivity contribution < 1.29 is 0 Å². The van der Waals surface area contributed by atoms with Crippen molar-refractivity contribution >= 4 is 0 Å². The number of hydrogen-bond donors (Lipinski definition) is 0. The quantitative estimate of drug-likeness (QED) is 0.239. The molecule has 2 unspecified atom stereocenters. The predicted octanol–water partition coefficient (Wildman–Crippen LogP) is 9.57. The van der Waals surface area contributed by atoms with E-state index < -0.39 is 0 Å². The smallest absolute Gasteiger partial charge is 0.0391 e. The van der Waals surface area contributed by atoms with Crippen molar-refractivity contribution in [3.63, 3.8) is 0 Å². The highest BCUT2D eigenvalue weighted by atomic mass is 14.3. The summed E-state index contributed by atoms with van der Waals surface area (Å²) in [6, 6.07) is 0. The Morgan fingerprint density at radius 1 is 0.500 bits per heavy atom. The zero-order chi connectivity index (χ0) is 19.0. The maximum Gasteiger partial charge on any atom is -0.0391 e. The summed E-state index contributed by atoms with van der Waals surface area (Å²) in [5.74, 6) is 3.91. The van der Waals surface area contributed by atoms with Gasteiger partial charge in [0.25, 0.3) is 0 Å². The van der Waals surface area contributed by atoms with Gasteiger partial charge in [0.2, 0.25) is 0 Å². The molecule has 156 valence electrons. The van der Waals surface area contributed by atoms with Gasteiger partial charge in [-0.3, -0.25) is 0 Å². The van der Waals surface area contributed by atoms with E-state index in [-0.39, 0.29) is 0 Å². The summed E-state index contributed by atoms with van der Waals surface area (Å²) in [6.45, 7) is 9.75. The standard InChI is InChI=1S/C26H52/c1-5-6-7-8-9-10-11-12-13-14-15-16-17-18-19-20-26-21-23(2)25(4)24(3)22-26/h23-26H,5-22H2,1-4H3. The van der Waals surface area contributed by atoms with Crippen molar-refractivity contribution in [1.29, 1.82) is 0 Å². The topological polar surface area (TPSA) is 0 Å². The fourth-order valence-corrected chi connectivity index (χ4v) is 5.18. The molecule has 26 heavy (non-hydrogen) atoms. The maximum atomic E-state index is 2.49. The van der Waals surface area contributed by atoms with E-state index in [1.54, 1.807) is 0 Å². The van der Waals surface area contributed by atoms with Gasteiger partial charge in [-0.1, -0.05) is 130 Å². The van der Waals surface area contributed by atoms with Crippen molar-refractivity contribution in [2.75, 3.05) is 0 Å². The SMILES string of the molecule is CCCCCCCCCCCCCCCCCC1CC(C)C(C)C(C)C1. The lowest BCUT2D eigenvalue weighted by molar-refractivity contribution is 0.134. The van der Waals surface area contributed by atoms with Gasteiger partial charge in [0.15, 0.2) is 0 Å². The van der Waals surface area contributed by atoms with Crippen LogP contribution in [0.25, 0.3) is 0 Å². The summed E-state index contributed by atoms with van der Waals surface area (Å²) in [5, 5.41) is 0. The molecule has 1 rings (SSSR count). The van der Waals surface area contributed by atoms with Crippen molar-refractivity contribution in [2.45, 2.75) is 143 Å². The largest absolute Gasteiger partial charge is 0.0654 e. The van der Waals surface area contributed by atoms with Crippen LogP contribution in [0.4, 0.5) is 0 Å². The van der Waals surface area contributed by atoms with Gasteiger partial charge < -0.3 is 0 Å². The van der Waals surface area contributed by atoms with Crippen molar-refractivity contribution in [3.8, 4) is 0 Å². The van der Waals surface area contributed by atoms with Crippen LogP contribution in [0.1, 0.15) is 143 Å². The van der Waals surface area contributed by atoms with Crippen LogP contribution in [0.15, 0.2) is 0 Å². The summed E-state index contributed by atoms with van der Waals surface area (Å²) in [4.78, 5) is 0. The fourth-order valence-electron chi connectivity index (χ4n) is 5.18. The molecule has 0 amide bonds. The maximum absolute atomic E-state index is 2.49. The first kappa shape index (κ1) is 24.0. The van der Waals surface area contributed by atoms with Gasteiger partial charge >= 0.3 is 0 Å². The minimum absolute atomic E-state index is 0.951. The van der Waals surface area contributed by atoms with Crippen LogP contribution in [-0.4, -0.2) is 0 Å². The molecule has 0 nitrogen and oxygen atoms in total. The number of rotatable bonds is 16. The monoisotopic (exact) mass is 364 g/mol. The van der Waals surface area contributed by atoms with Gasteiger partial charge in [0.05, 0.1) is 0 Å². The Hall–Kier alpha value is 0. The third-order valence-corrected chi connectivity index (χ3v) is 7.42. The highest BCUT2D eigenvalue weighted by molar-refractivity contribution is 4.79. The highest BCUT2D eigenvalue weighted by Gasteiger charge is 2.29. The van der Waals surface area contributed by atoms with Crippen molar-refractivity contribution in [3.05, 3.63) is 0 Å². The molecule has 0 spiro atoms. The van der Waals surface area contributed by atoms with E-state index in [0.29, 0.717) is 0 Å². The average Bonchev–Trinajstić information content (AvgIpc) is 2.62. The van der Waals surface area contributed by atoms with Crippen LogP contribution in [-0.2, 0) is 0 Å². The van der Waals surface area contributed by atoms with Crippen molar-refractivity contribution in [2.24, 2.45) is 23.7 Å². The summed E-state index contributed by atoms with van der Waals surface area (Å²) >= 11 is 0. The van der Waals surface area contributed by atoms with Gasteiger partial charge in [0.1, 0.15) is 0 Å². The van der Waals surface area contributed by atoms with E-state index in [1.807, 2.05) is 0 Å². The molecule has 0 N–H and O–H groups in total. The predicted molar refractivity (Wildman–Crippen MR) is 120 cm³/mol. The molecule has 0 aromatic carbocycles. The minimum Gasteiger partial charge on any atom is -0.0654 e. The molecule has 1 aliphatic carbocycles. The lowest BCUT2D eigenvalue weighted by Gasteiger charge is -2.37. The van der Waals surface area contributed by atoms with Crippen LogP contribution >= 0.6 is 0 Å². The van der Waals surface area contributed by atoms with E-state index in [0.717, 1.165) is 23.7 Å². The third-order valence-electron chi connectivity index (χ3n) is 7.42. The molecular formula is C26H52. The average molecular weight is 365 g/mol. The number of hydrogen-bond acceptors (Lipinski definition) is 0. The lowest BCUT2D eigenvalue weighted by atomic mass is 9.69. The fraction of sp³-hybridized carbons (Fsp3) is 1.00. The lowest BCUT2D eigenvalue weighted by Crippen LogP contribution is -2.27. The first-order chi connectivity index (χ1) is 12.6. The summed E-state index contributed by atoms with van der Waals surface area (Å²) in [7, 11) is 0. The Morgan fingerprint density at radius 3 is 1.23 bits per heavy atom. The zero-order valence-corrected chi connectivity index (χ0v) is 19.0. The van der Waals surface area contributed by atoms with E-state index in [9.17, 15) is 0 Å². The Bertz CT molecular complexity index is 282. The van der Waals surface area contributed by atoms with Crippen LogP contribution in [0.5, 0.6) is 0 Å². The van der Waals surface area contributed by atoms with Gasteiger partial charge in [-0.15, -0.1) is 0 Å². The second-order valence-corrected chi connectivity index (χ2v) is 9.89. The van der Waals surface area contributed by atoms with Crippen LogP contribution in [0.3, 0.4) is 0 Å². The molecular weight excluding hydrogens is 312 g/mol. The third kappa shape index (κ3) is 11.7. The molecule has 1 saturated carbocycles. The normalized spacial score (nSPS) is 26.3. The Kier molecular flexibility index (Phi) is 14.8. The van der Waals surface area contributed by atoms with E-state index in [1.165, 1.54) is 116 Å². The Morgan fingerprint density at radius 2 is 0.846 bits per heavy atom. The summed E-state index contributed by atoms with van der Waals surface area (Å²) in [5.41, 5.74) is 0. The Labute approximate surface area is 167 Å². The first-order valence-corrected chi connectivity index (χ1v) is 12.6. The van der Waals surface area contributed by atoms with Crippen LogP contribution in [0, 0.1) is 23.7 Å². The first-order valence-electron chi connectivity index (χ1n) is 12.6. The second-order valence-electron chi connectivity index (χ2n) is 9.89. The summed E-state index contributed by atoms with van der Waals surface area (Å²) in [6.07, 6.45) is 26.7. The molecule has 2 atom stereocenters. The van der Waals surface area contributed by atoms with Gasteiger partial charge in [-0.2, -0.15) is 0 Å². The molecule has 0 saturated heterocycles. The van der Waals surface area contributed by atoms with Crippen molar-refractivity contribution in [1.82, 2.24) is 0 Å². The Balaban J connectivity index is 1.79. The van der Waals surface area contributed by atoms with E-state index in [2.05, 4.69) is 27.7 Å². The van der Waals surface area contributed by atoms with E-state index in [4.69, 9.17) is 0 Å². The molecule has 0 aromatic heterocycles. The molecule has 0 aliphatic heterocycles.